The van der Waals surface area contributed by atoms with Crippen molar-refractivity contribution in [1.82, 2.24) is 0 Å². The lowest BCUT2D eigenvalue weighted by Crippen LogP contribution is -2.51. The molecule has 2 nitrogen and oxygen atoms in total. The first-order valence-electron chi connectivity index (χ1n) is 10.7. The van der Waals surface area contributed by atoms with Gasteiger partial charge in [0.1, 0.15) is 0 Å². The molecule has 0 saturated heterocycles. The first-order chi connectivity index (χ1) is 12.1. The fraction of sp³-hybridized carbons (Fsp3) is 0.826. The second-order valence-corrected chi connectivity index (χ2v) is 10.1. The molecule has 0 bridgehead atoms. The summed E-state index contributed by atoms with van der Waals surface area (Å²) in [7, 11) is 0. The van der Waals surface area contributed by atoms with E-state index in [4.69, 9.17) is 0 Å². The van der Waals surface area contributed by atoms with Crippen molar-refractivity contribution >= 4 is 5.78 Å². The van der Waals surface area contributed by atoms with Crippen LogP contribution in [0, 0.1) is 64.1 Å². The quantitative estimate of drug-likeness (QED) is 0.699. The van der Waals surface area contributed by atoms with Gasteiger partial charge in [-0.3, -0.25) is 4.79 Å². The molecule has 5 aliphatic carbocycles. The van der Waals surface area contributed by atoms with E-state index in [2.05, 4.69) is 19.9 Å². The average molecular weight is 338 g/mol. The Hall–Kier alpha value is -1.10. The summed E-state index contributed by atoms with van der Waals surface area (Å²) in [5, 5.41) is 9.85. The fourth-order valence-electron chi connectivity index (χ4n) is 8.23. The Morgan fingerprint density at radius 1 is 1.28 bits per heavy atom. The number of carbonyl (C=O) groups excluding carboxylic acids is 1. The Kier molecular flexibility index (Phi) is 3.51. The third kappa shape index (κ3) is 2.11. The molecule has 9 atom stereocenters. The Morgan fingerprint density at radius 2 is 2.12 bits per heavy atom. The van der Waals surface area contributed by atoms with Gasteiger partial charge in [0, 0.05) is 6.42 Å². The minimum atomic E-state index is 0.279. The molecule has 0 heterocycles. The van der Waals surface area contributed by atoms with Crippen molar-refractivity contribution in [2.75, 3.05) is 0 Å². The minimum absolute atomic E-state index is 0.279. The highest BCUT2D eigenvalue weighted by molar-refractivity contribution is 5.91. The molecule has 0 spiro atoms. The molecule has 0 aromatic carbocycles. The molecule has 0 aliphatic heterocycles. The monoisotopic (exact) mass is 337 g/mol. The van der Waals surface area contributed by atoms with Gasteiger partial charge in [0.25, 0.3) is 0 Å². The van der Waals surface area contributed by atoms with Crippen LogP contribution in [0.5, 0.6) is 0 Å². The summed E-state index contributed by atoms with van der Waals surface area (Å²) in [6.07, 6.45) is 11.5. The number of nitrogens with zero attached hydrogens (tertiary/aromatic N) is 1. The molecule has 0 aromatic heterocycles. The molecular weight excluding hydrogens is 306 g/mol. The van der Waals surface area contributed by atoms with Gasteiger partial charge in [-0.05, 0) is 85.0 Å². The third-order valence-electron chi connectivity index (χ3n) is 9.06. The van der Waals surface area contributed by atoms with Crippen LogP contribution in [0.4, 0.5) is 0 Å². The van der Waals surface area contributed by atoms with Crippen molar-refractivity contribution in [2.45, 2.75) is 65.2 Å². The molecule has 0 N–H and O–H groups in total. The topological polar surface area (TPSA) is 40.9 Å². The lowest BCUT2D eigenvalue weighted by molar-refractivity contribution is -0.116. The summed E-state index contributed by atoms with van der Waals surface area (Å²) in [5.41, 5.74) is 1.78. The van der Waals surface area contributed by atoms with E-state index in [1.54, 1.807) is 0 Å². The fourth-order valence-corrected chi connectivity index (χ4v) is 8.23. The van der Waals surface area contributed by atoms with Crippen molar-refractivity contribution in [1.29, 1.82) is 5.26 Å². The van der Waals surface area contributed by atoms with Crippen LogP contribution in [0.1, 0.15) is 65.2 Å². The van der Waals surface area contributed by atoms with E-state index < -0.39 is 0 Å². The zero-order valence-electron chi connectivity index (χ0n) is 15.7. The Labute approximate surface area is 152 Å². The molecule has 134 valence electrons. The number of fused-ring (bicyclic) bond motifs is 7. The van der Waals surface area contributed by atoms with Crippen LogP contribution in [-0.4, -0.2) is 5.78 Å². The number of ketones is 1. The number of hydrogen-bond donors (Lipinski definition) is 0. The SMILES string of the molecule is CCC[C@H]1CC2=CC(=O)CC[C@@H]2[C@H]2CC[C@@]3(C)[C@@H]([C@@H]4C[C@@H]4[C@@H]3C#N)[C@H]12. The maximum Gasteiger partial charge on any atom is 0.155 e. The third-order valence-corrected chi connectivity index (χ3v) is 9.06. The molecule has 0 radical (unpaired) electrons. The number of nitriles is 1. The van der Waals surface area contributed by atoms with Gasteiger partial charge in [0.2, 0.25) is 0 Å². The second kappa shape index (κ2) is 5.45. The molecular formula is C23H31NO. The van der Waals surface area contributed by atoms with Gasteiger partial charge in [-0.2, -0.15) is 5.26 Å². The van der Waals surface area contributed by atoms with Crippen LogP contribution >= 0.6 is 0 Å². The van der Waals surface area contributed by atoms with Crippen LogP contribution in [0.25, 0.3) is 0 Å². The van der Waals surface area contributed by atoms with E-state index in [1.807, 2.05) is 6.08 Å². The summed E-state index contributed by atoms with van der Waals surface area (Å²) in [4.78, 5) is 12.0. The van der Waals surface area contributed by atoms with Gasteiger partial charge in [-0.1, -0.05) is 32.3 Å². The number of rotatable bonds is 2. The van der Waals surface area contributed by atoms with Gasteiger partial charge in [0.15, 0.2) is 5.78 Å². The molecule has 25 heavy (non-hydrogen) atoms. The lowest BCUT2D eigenvalue weighted by Gasteiger charge is -2.57. The van der Waals surface area contributed by atoms with Crippen LogP contribution < -0.4 is 0 Å². The van der Waals surface area contributed by atoms with Gasteiger partial charge in [-0.25, -0.2) is 0 Å². The van der Waals surface area contributed by atoms with E-state index in [1.165, 1.54) is 44.1 Å². The Balaban J connectivity index is 1.54. The number of hydrogen-bond acceptors (Lipinski definition) is 2. The predicted molar refractivity (Wildman–Crippen MR) is 97.3 cm³/mol. The zero-order valence-corrected chi connectivity index (χ0v) is 15.7. The van der Waals surface area contributed by atoms with E-state index in [-0.39, 0.29) is 5.41 Å². The maximum absolute atomic E-state index is 12.0. The minimum Gasteiger partial charge on any atom is -0.295 e. The van der Waals surface area contributed by atoms with E-state index in [0.29, 0.717) is 23.5 Å². The summed E-state index contributed by atoms with van der Waals surface area (Å²) in [6, 6.07) is 2.74. The van der Waals surface area contributed by atoms with E-state index >= 15 is 0 Å². The largest absolute Gasteiger partial charge is 0.295 e. The van der Waals surface area contributed by atoms with Crippen molar-refractivity contribution in [3.63, 3.8) is 0 Å². The standard InChI is InChI=1S/C23H31NO/c1-3-4-13-9-14-10-15(25)5-6-16(14)17-7-8-23(2)20(12-24)18-11-19(18)22(23)21(13)17/h10,13,16-22H,3-9,11H2,1-2H3/t13-,16-,17+,18-,19+,20-,21+,22-,23+/m0/s1. The highest BCUT2D eigenvalue weighted by atomic mass is 16.1. The zero-order chi connectivity index (χ0) is 17.3. The molecule has 0 amide bonds. The van der Waals surface area contributed by atoms with Crippen molar-refractivity contribution in [2.24, 2.45) is 52.8 Å². The number of allylic oxidation sites excluding steroid dienone is 1. The highest BCUT2D eigenvalue weighted by Gasteiger charge is 2.70. The molecule has 5 aliphatic rings. The summed E-state index contributed by atoms with van der Waals surface area (Å²) < 4.78 is 0. The summed E-state index contributed by atoms with van der Waals surface area (Å²) in [6.45, 7) is 4.78. The van der Waals surface area contributed by atoms with Crippen molar-refractivity contribution in [3.8, 4) is 6.07 Å². The van der Waals surface area contributed by atoms with Crippen molar-refractivity contribution in [3.05, 3.63) is 11.6 Å². The van der Waals surface area contributed by atoms with Crippen LogP contribution in [0.15, 0.2) is 11.6 Å². The number of carbonyl (C=O) groups is 1. The first kappa shape index (κ1) is 16.1. The van der Waals surface area contributed by atoms with Gasteiger partial charge < -0.3 is 0 Å². The molecule has 4 saturated carbocycles. The van der Waals surface area contributed by atoms with Crippen LogP contribution in [-0.2, 0) is 4.79 Å². The molecule has 0 unspecified atom stereocenters. The Bertz CT molecular complexity index is 672. The van der Waals surface area contributed by atoms with Crippen LogP contribution in [0.2, 0.25) is 0 Å². The maximum atomic E-state index is 12.0. The van der Waals surface area contributed by atoms with Crippen molar-refractivity contribution < 1.29 is 4.79 Å². The predicted octanol–water partition coefficient (Wildman–Crippen LogP) is 5.15. The van der Waals surface area contributed by atoms with Crippen LogP contribution in [0.3, 0.4) is 0 Å². The first-order valence-corrected chi connectivity index (χ1v) is 10.7. The molecule has 2 heteroatoms. The second-order valence-electron chi connectivity index (χ2n) is 10.1. The normalized spacial score (nSPS) is 53.0. The molecule has 0 aromatic rings. The Morgan fingerprint density at radius 3 is 2.88 bits per heavy atom. The summed E-state index contributed by atoms with van der Waals surface area (Å²) >= 11 is 0. The van der Waals surface area contributed by atoms with E-state index in [9.17, 15) is 10.1 Å². The van der Waals surface area contributed by atoms with Gasteiger partial charge in [0.05, 0.1) is 12.0 Å². The average Bonchev–Trinajstić information content (AvgIpc) is 3.30. The lowest BCUT2D eigenvalue weighted by atomic mass is 9.47. The van der Waals surface area contributed by atoms with E-state index in [0.717, 1.165) is 42.4 Å². The summed E-state index contributed by atoms with van der Waals surface area (Å²) in [5.74, 6) is 6.08. The smallest absolute Gasteiger partial charge is 0.155 e. The van der Waals surface area contributed by atoms with Gasteiger partial charge in [-0.15, -0.1) is 0 Å². The molecule has 4 fully saturated rings. The molecule has 5 rings (SSSR count). The van der Waals surface area contributed by atoms with Gasteiger partial charge >= 0.3 is 0 Å². The highest BCUT2D eigenvalue weighted by Crippen LogP contribution is 2.75.